The molecule has 0 aromatic carbocycles. The SMILES string of the molecule is N#CC(C#N)=C(O)C1CC1. The average Bonchev–Trinajstić information content (AvgIpc) is 2.71. The first-order valence-electron chi connectivity index (χ1n) is 3.03. The van der Waals surface area contributed by atoms with E-state index in [1.54, 1.807) is 12.1 Å². The van der Waals surface area contributed by atoms with Crippen molar-refractivity contribution in [3.8, 4) is 12.1 Å². The molecule has 1 aliphatic rings. The summed E-state index contributed by atoms with van der Waals surface area (Å²) in [5.41, 5.74) is -0.137. The zero-order valence-electron chi connectivity index (χ0n) is 5.33. The van der Waals surface area contributed by atoms with E-state index in [-0.39, 0.29) is 17.3 Å². The van der Waals surface area contributed by atoms with E-state index in [0.29, 0.717) is 0 Å². The van der Waals surface area contributed by atoms with Gasteiger partial charge in [-0.2, -0.15) is 10.5 Å². The maximum absolute atomic E-state index is 9.08. The van der Waals surface area contributed by atoms with Crippen molar-refractivity contribution in [2.45, 2.75) is 12.8 Å². The van der Waals surface area contributed by atoms with E-state index >= 15 is 0 Å². The van der Waals surface area contributed by atoms with Crippen LogP contribution >= 0.6 is 0 Å². The Labute approximate surface area is 58.8 Å². The number of nitriles is 2. The molecule has 0 unspecified atom stereocenters. The summed E-state index contributed by atoms with van der Waals surface area (Å²) >= 11 is 0. The minimum Gasteiger partial charge on any atom is -0.510 e. The van der Waals surface area contributed by atoms with Gasteiger partial charge in [-0.25, -0.2) is 0 Å². The lowest BCUT2D eigenvalue weighted by Gasteiger charge is -1.91. The van der Waals surface area contributed by atoms with Gasteiger partial charge < -0.3 is 5.11 Å². The van der Waals surface area contributed by atoms with Crippen LogP contribution in [-0.2, 0) is 0 Å². The highest BCUT2D eigenvalue weighted by atomic mass is 16.3. The van der Waals surface area contributed by atoms with Crippen LogP contribution in [0.2, 0.25) is 0 Å². The van der Waals surface area contributed by atoms with Crippen molar-refractivity contribution in [1.29, 1.82) is 10.5 Å². The molecule has 0 bridgehead atoms. The molecule has 0 radical (unpaired) electrons. The molecule has 0 saturated heterocycles. The topological polar surface area (TPSA) is 67.8 Å². The first-order valence-corrected chi connectivity index (χ1v) is 3.03. The number of hydrogen-bond donors (Lipinski definition) is 1. The van der Waals surface area contributed by atoms with Crippen LogP contribution in [0.5, 0.6) is 0 Å². The molecule has 50 valence electrons. The van der Waals surface area contributed by atoms with Gasteiger partial charge in [0.05, 0.1) is 0 Å². The Morgan fingerprint density at radius 1 is 1.30 bits per heavy atom. The van der Waals surface area contributed by atoms with Gasteiger partial charge in [0.25, 0.3) is 0 Å². The van der Waals surface area contributed by atoms with Crippen LogP contribution < -0.4 is 0 Å². The highest BCUT2D eigenvalue weighted by Gasteiger charge is 2.28. The maximum atomic E-state index is 9.08. The van der Waals surface area contributed by atoms with Crippen molar-refractivity contribution in [3.05, 3.63) is 11.3 Å². The van der Waals surface area contributed by atoms with Gasteiger partial charge in [0.15, 0.2) is 5.57 Å². The van der Waals surface area contributed by atoms with Crippen molar-refractivity contribution in [3.63, 3.8) is 0 Å². The number of aliphatic hydroxyl groups is 1. The van der Waals surface area contributed by atoms with Crippen molar-refractivity contribution in [2.24, 2.45) is 5.92 Å². The number of nitrogens with zero attached hydrogens (tertiary/aromatic N) is 2. The Morgan fingerprint density at radius 2 is 1.80 bits per heavy atom. The predicted octanol–water partition coefficient (Wildman–Crippen LogP) is 1.26. The Hall–Kier alpha value is -1.48. The molecule has 10 heavy (non-hydrogen) atoms. The van der Waals surface area contributed by atoms with Crippen LogP contribution in [0.4, 0.5) is 0 Å². The fraction of sp³-hybridized carbons (Fsp3) is 0.429. The zero-order chi connectivity index (χ0) is 7.56. The summed E-state index contributed by atoms with van der Waals surface area (Å²) in [6.45, 7) is 0. The van der Waals surface area contributed by atoms with Crippen molar-refractivity contribution < 1.29 is 5.11 Å². The molecule has 1 rings (SSSR count). The predicted molar refractivity (Wildman–Crippen MR) is 33.6 cm³/mol. The van der Waals surface area contributed by atoms with Crippen LogP contribution in [0.25, 0.3) is 0 Å². The first-order chi connectivity index (χ1) is 4.79. The molecule has 0 atom stereocenters. The molecule has 0 aliphatic heterocycles. The van der Waals surface area contributed by atoms with Crippen molar-refractivity contribution in [2.75, 3.05) is 0 Å². The summed E-state index contributed by atoms with van der Waals surface area (Å²) in [6.07, 6.45) is 1.80. The molecule has 0 aromatic rings. The van der Waals surface area contributed by atoms with Crippen LogP contribution in [0.1, 0.15) is 12.8 Å². The molecule has 3 heteroatoms. The van der Waals surface area contributed by atoms with Crippen LogP contribution in [0.3, 0.4) is 0 Å². The second-order valence-corrected chi connectivity index (χ2v) is 2.26. The fourth-order valence-electron chi connectivity index (χ4n) is 0.700. The van der Waals surface area contributed by atoms with Crippen molar-refractivity contribution >= 4 is 0 Å². The molecule has 1 fully saturated rings. The second kappa shape index (κ2) is 2.41. The molecular weight excluding hydrogens is 128 g/mol. The Bertz CT molecular complexity index is 234. The van der Waals surface area contributed by atoms with Gasteiger partial charge in [0, 0.05) is 5.92 Å². The summed E-state index contributed by atoms with van der Waals surface area (Å²) in [4.78, 5) is 0. The fourth-order valence-corrected chi connectivity index (χ4v) is 0.700. The van der Waals surface area contributed by atoms with Gasteiger partial charge in [-0.3, -0.25) is 0 Å². The van der Waals surface area contributed by atoms with Gasteiger partial charge in [-0.15, -0.1) is 0 Å². The van der Waals surface area contributed by atoms with Gasteiger partial charge in [0.1, 0.15) is 17.9 Å². The van der Waals surface area contributed by atoms with E-state index < -0.39 is 0 Å². The number of aliphatic hydroxyl groups excluding tert-OH is 1. The van der Waals surface area contributed by atoms with Crippen LogP contribution in [-0.4, -0.2) is 5.11 Å². The normalized spacial score (nSPS) is 15.0. The molecule has 1 saturated carbocycles. The molecule has 0 spiro atoms. The van der Waals surface area contributed by atoms with Gasteiger partial charge in [0.2, 0.25) is 0 Å². The molecule has 0 aromatic heterocycles. The highest BCUT2D eigenvalue weighted by molar-refractivity contribution is 5.39. The van der Waals surface area contributed by atoms with Gasteiger partial charge in [-0.05, 0) is 12.8 Å². The summed E-state index contributed by atoms with van der Waals surface area (Å²) in [5.74, 6) is 0.0688. The lowest BCUT2D eigenvalue weighted by molar-refractivity contribution is 0.377. The number of hydrogen-bond acceptors (Lipinski definition) is 3. The lowest BCUT2D eigenvalue weighted by atomic mass is 10.2. The van der Waals surface area contributed by atoms with Gasteiger partial charge in [-0.1, -0.05) is 0 Å². The highest BCUT2D eigenvalue weighted by Crippen LogP contribution is 2.36. The van der Waals surface area contributed by atoms with E-state index in [0.717, 1.165) is 12.8 Å². The monoisotopic (exact) mass is 134 g/mol. The summed E-state index contributed by atoms with van der Waals surface area (Å²) in [7, 11) is 0. The first kappa shape index (κ1) is 6.64. The van der Waals surface area contributed by atoms with E-state index in [1.165, 1.54) is 0 Å². The number of rotatable bonds is 1. The standard InChI is InChI=1S/C7H6N2O/c8-3-6(4-9)7(10)5-1-2-5/h5,10H,1-2H2. The van der Waals surface area contributed by atoms with Gasteiger partial charge >= 0.3 is 0 Å². The molecule has 0 amide bonds. The Balaban J connectivity index is 2.83. The second-order valence-electron chi connectivity index (χ2n) is 2.26. The Kier molecular flexibility index (Phi) is 1.60. The molecular formula is C7H6N2O. The lowest BCUT2D eigenvalue weighted by Crippen LogP contribution is -1.88. The van der Waals surface area contributed by atoms with Crippen LogP contribution in [0, 0.1) is 28.6 Å². The quantitative estimate of drug-likeness (QED) is 0.433. The van der Waals surface area contributed by atoms with E-state index in [4.69, 9.17) is 15.6 Å². The molecule has 3 nitrogen and oxygen atoms in total. The maximum Gasteiger partial charge on any atom is 0.167 e. The largest absolute Gasteiger partial charge is 0.510 e. The third-order valence-electron chi connectivity index (χ3n) is 1.44. The summed E-state index contributed by atoms with van der Waals surface area (Å²) in [6, 6.07) is 3.28. The molecule has 1 aliphatic carbocycles. The summed E-state index contributed by atoms with van der Waals surface area (Å²) in [5, 5.41) is 25.6. The third-order valence-corrected chi connectivity index (χ3v) is 1.44. The minimum atomic E-state index is -0.137. The smallest absolute Gasteiger partial charge is 0.167 e. The van der Waals surface area contributed by atoms with Crippen LogP contribution in [0.15, 0.2) is 11.3 Å². The zero-order valence-corrected chi connectivity index (χ0v) is 5.33. The number of allylic oxidation sites excluding steroid dienone is 2. The third kappa shape index (κ3) is 1.09. The minimum absolute atomic E-state index is 0.0231. The van der Waals surface area contributed by atoms with Crippen molar-refractivity contribution in [1.82, 2.24) is 0 Å². The van der Waals surface area contributed by atoms with E-state index in [1.807, 2.05) is 0 Å². The molecule has 0 heterocycles. The van der Waals surface area contributed by atoms with E-state index in [9.17, 15) is 0 Å². The van der Waals surface area contributed by atoms with E-state index in [2.05, 4.69) is 0 Å². The molecule has 1 N–H and O–H groups in total. The summed E-state index contributed by atoms with van der Waals surface area (Å²) < 4.78 is 0. The average molecular weight is 134 g/mol. The Morgan fingerprint density at radius 3 is 2.10 bits per heavy atom.